The van der Waals surface area contributed by atoms with E-state index in [0.29, 0.717) is 12.3 Å². The Morgan fingerprint density at radius 1 is 1.23 bits per heavy atom. The molecule has 8 nitrogen and oxygen atoms in total. The van der Waals surface area contributed by atoms with Crippen molar-refractivity contribution in [2.24, 2.45) is 9.98 Å². The molecule has 0 spiro atoms. The maximum absolute atomic E-state index is 14.2. The number of nitrogens with zero attached hydrogens (tertiary/aromatic N) is 3. The molecule has 0 saturated heterocycles. The van der Waals surface area contributed by atoms with E-state index < -0.39 is 51.4 Å². The zero-order chi connectivity index (χ0) is 19.2. The molecule has 1 N–H and O–H groups in total. The Balaban J connectivity index is 2.29. The van der Waals surface area contributed by atoms with Crippen LogP contribution in [0.2, 0.25) is 0 Å². The molecule has 3 rings (SSSR count). The summed E-state index contributed by atoms with van der Waals surface area (Å²) in [6.07, 6.45) is 0.0130. The lowest BCUT2D eigenvalue weighted by Crippen LogP contribution is -2.26. The molecule has 1 aliphatic heterocycles. The van der Waals surface area contributed by atoms with E-state index in [1.165, 1.54) is 0 Å². The van der Waals surface area contributed by atoms with Crippen LogP contribution in [0.1, 0.15) is 10.4 Å². The first-order chi connectivity index (χ1) is 12.2. The van der Waals surface area contributed by atoms with Crippen LogP contribution in [-0.2, 0) is 4.74 Å². The van der Waals surface area contributed by atoms with E-state index in [-0.39, 0.29) is 16.3 Å². The molecule has 0 saturated carbocycles. The number of carboxylic acids is 1. The van der Waals surface area contributed by atoms with Gasteiger partial charge >= 0.3 is 12.1 Å². The quantitative estimate of drug-likeness (QED) is 0.778. The normalized spacial score (nSPS) is 13.2. The van der Waals surface area contributed by atoms with E-state index >= 15 is 0 Å². The third-order valence-corrected chi connectivity index (χ3v) is 3.31. The molecule has 0 radical (unpaired) electrons. The average molecular weight is 365 g/mol. The van der Waals surface area contributed by atoms with E-state index in [1.807, 2.05) is 0 Å². The van der Waals surface area contributed by atoms with Gasteiger partial charge in [-0.2, -0.15) is 4.99 Å². The maximum atomic E-state index is 14.2. The van der Waals surface area contributed by atoms with Gasteiger partial charge in [-0.1, -0.05) is 6.58 Å². The van der Waals surface area contributed by atoms with Gasteiger partial charge in [-0.3, -0.25) is 4.79 Å². The first-order valence-electron chi connectivity index (χ1n) is 6.70. The topological polar surface area (TPSA) is 110 Å². The van der Waals surface area contributed by atoms with Gasteiger partial charge in [0.05, 0.1) is 11.6 Å². The second-order valence-corrected chi connectivity index (χ2v) is 4.92. The summed E-state index contributed by atoms with van der Waals surface area (Å²) in [4.78, 5) is 42.7. The number of benzene rings is 1. The largest absolute Gasteiger partial charge is 0.477 e. The van der Waals surface area contributed by atoms with Crippen LogP contribution >= 0.6 is 0 Å². The van der Waals surface area contributed by atoms with E-state index in [1.54, 1.807) is 0 Å². The Labute approximate surface area is 141 Å². The van der Waals surface area contributed by atoms with Gasteiger partial charge in [0, 0.05) is 6.20 Å². The number of aromatic carboxylic acids is 1. The Hall–Kier alpha value is -3.76. The van der Waals surface area contributed by atoms with E-state index in [0.717, 1.165) is 6.21 Å². The summed E-state index contributed by atoms with van der Waals surface area (Å²) in [5, 5.41) is 8.20. The molecular weight excluding hydrogens is 359 g/mol. The molecular formula is C15H6F3N3O5. The summed E-state index contributed by atoms with van der Waals surface area (Å²) in [5.41, 5.74) is -3.27. The first-order valence-corrected chi connectivity index (χ1v) is 6.70. The van der Waals surface area contributed by atoms with Crippen molar-refractivity contribution in [2.75, 3.05) is 0 Å². The molecule has 0 atom stereocenters. The first kappa shape index (κ1) is 17.1. The van der Waals surface area contributed by atoms with Crippen LogP contribution in [-0.4, -0.2) is 33.8 Å². The number of carbonyl (C=O) groups excluding carboxylic acids is 1. The number of halogens is 3. The Kier molecular flexibility index (Phi) is 3.91. The van der Waals surface area contributed by atoms with Crippen LogP contribution < -0.4 is 5.43 Å². The van der Waals surface area contributed by atoms with Gasteiger partial charge < -0.3 is 9.84 Å². The van der Waals surface area contributed by atoms with Crippen molar-refractivity contribution >= 4 is 35.1 Å². The van der Waals surface area contributed by atoms with Crippen LogP contribution in [0.5, 0.6) is 0 Å². The van der Waals surface area contributed by atoms with Gasteiger partial charge in [-0.15, -0.1) is 0 Å². The molecule has 0 unspecified atom stereocenters. The van der Waals surface area contributed by atoms with Gasteiger partial charge in [0.2, 0.25) is 11.3 Å². The molecule has 0 fully saturated rings. The average Bonchev–Trinajstić information content (AvgIpc) is 2.98. The van der Waals surface area contributed by atoms with Crippen LogP contribution in [0.25, 0.3) is 10.9 Å². The van der Waals surface area contributed by atoms with Gasteiger partial charge in [0.1, 0.15) is 16.9 Å². The highest BCUT2D eigenvalue weighted by atomic mass is 19.2. The summed E-state index contributed by atoms with van der Waals surface area (Å²) in [6, 6.07) is 0.294. The van der Waals surface area contributed by atoms with Crippen molar-refractivity contribution in [1.82, 2.24) is 4.57 Å². The number of hydrogen-bond donors (Lipinski definition) is 1. The highest BCUT2D eigenvalue weighted by Crippen LogP contribution is 2.22. The number of ether oxygens (including phenoxy) is 1. The number of fused-ring (bicyclic) bond motifs is 1. The molecule has 11 heteroatoms. The van der Waals surface area contributed by atoms with Crippen molar-refractivity contribution in [2.45, 2.75) is 0 Å². The number of hydrogen-bond acceptors (Lipinski definition) is 6. The summed E-state index contributed by atoms with van der Waals surface area (Å²) < 4.78 is 46.2. The number of pyridine rings is 1. The Morgan fingerprint density at radius 3 is 2.50 bits per heavy atom. The molecule has 132 valence electrons. The smallest absolute Gasteiger partial charge is 0.425 e. The number of rotatable bonds is 1. The van der Waals surface area contributed by atoms with Crippen LogP contribution in [0, 0.1) is 17.5 Å². The Bertz CT molecular complexity index is 1130. The minimum atomic E-state index is -1.95. The molecule has 0 amide bonds. The van der Waals surface area contributed by atoms with Gasteiger partial charge in [-0.05, 0) is 6.07 Å². The summed E-state index contributed by atoms with van der Waals surface area (Å²) in [5.74, 6) is -7.66. The molecule has 1 aromatic heterocycles. The van der Waals surface area contributed by atoms with E-state index in [9.17, 15) is 27.6 Å². The fraction of sp³-hybridized carbons (Fsp3) is 0. The highest BCUT2D eigenvalue weighted by molar-refractivity contribution is 6.30. The van der Waals surface area contributed by atoms with Crippen LogP contribution in [0.4, 0.5) is 18.0 Å². The number of aliphatic imine (C=N–C) groups is 2. The van der Waals surface area contributed by atoms with E-state index in [4.69, 9.17) is 9.84 Å². The second-order valence-electron chi connectivity index (χ2n) is 4.92. The summed E-state index contributed by atoms with van der Waals surface area (Å²) in [7, 11) is 0. The maximum Gasteiger partial charge on any atom is 0.425 e. The predicted octanol–water partition coefficient (Wildman–Crippen LogP) is 2.06. The standard InChI is InChI=1S/C15H6F3N3O5/c1-5-19-3-9(20-5)26-15(25)21-4-7(14(23)24)13(22)6-2-8(16)10(17)11(18)12(6)21/h2-4H,1H2,(H,23,24). The molecule has 1 aliphatic rings. The van der Waals surface area contributed by atoms with Crippen molar-refractivity contribution in [3.8, 4) is 0 Å². The Morgan fingerprint density at radius 2 is 1.92 bits per heavy atom. The number of carbonyl (C=O) groups is 2. The fourth-order valence-electron chi connectivity index (χ4n) is 2.19. The zero-order valence-corrected chi connectivity index (χ0v) is 12.5. The summed E-state index contributed by atoms with van der Waals surface area (Å²) >= 11 is 0. The number of aromatic nitrogens is 1. The lowest BCUT2D eigenvalue weighted by Gasteiger charge is -2.12. The molecule has 0 aliphatic carbocycles. The van der Waals surface area contributed by atoms with Crippen molar-refractivity contribution in [3.05, 3.63) is 57.9 Å². The van der Waals surface area contributed by atoms with Crippen molar-refractivity contribution in [1.29, 1.82) is 0 Å². The molecule has 2 heterocycles. The lowest BCUT2D eigenvalue weighted by atomic mass is 10.1. The molecule has 1 aromatic carbocycles. The zero-order valence-electron chi connectivity index (χ0n) is 12.5. The van der Waals surface area contributed by atoms with Crippen LogP contribution in [0.15, 0.2) is 39.4 Å². The summed E-state index contributed by atoms with van der Waals surface area (Å²) in [6.45, 7) is 3.36. The SMILES string of the molecule is C=C1N=CC(OC(=O)n2cc(C(=O)O)c(=O)c3cc(F)c(F)c(F)c32)=N1. The predicted molar refractivity (Wildman–Crippen MR) is 82.0 cm³/mol. The number of carboxylic acid groups (broad SMARTS) is 1. The van der Waals surface area contributed by atoms with Gasteiger partial charge in [-0.25, -0.2) is 32.3 Å². The lowest BCUT2D eigenvalue weighted by molar-refractivity contribution is 0.0695. The molecule has 0 bridgehead atoms. The van der Waals surface area contributed by atoms with Crippen molar-refractivity contribution in [3.63, 3.8) is 0 Å². The highest BCUT2D eigenvalue weighted by Gasteiger charge is 2.25. The minimum absolute atomic E-state index is 0.00286. The fourth-order valence-corrected chi connectivity index (χ4v) is 2.19. The third kappa shape index (κ3) is 2.64. The monoisotopic (exact) mass is 365 g/mol. The van der Waals surface area contributed by atoms with Gasteiger partial charge in [0.25, 0.3) is 0 Å². The second kappa shape index (κ2) is 5.95. The molecule has 2 aromatic rings. The molecule has 26 heavy (non-hydrogen) atoms. The van der Waals surface area contributed by atoms with Crippen LogP contribution in [0.3, 0.4) is 0 Å². The third-order valence-electron chi connectivity index (χ3n) is 3.31. The van der Waals surface area contributed by atoms with Gasteiger partial charge in [0.15, 0.2) is 17.5 Å². The minimum Gasteiger partial charge on any atom is -0.477 e. The van der Waals surface area contributed by atoms with E-state index in [2.05, 4.69) is 16.6 Å². The van der Waals surface area contributed by atoms with Crippen molar-refractivity contribution < 1.29 is 32.6 Å².